The lowest BCUT2D eigenvalue weighted by Crippen LogP contribution is -2.21. The Labute approximate surface area is 175 Å². The van der Waals surface area contributed by atoms with Crippen molar-refractivity contribution >= 4 is 28.3 Å². The highest BCUT2D eigenvalue weighted by Gasteiger charge is 2.14. The zero-order valence-electron chi connectivity index (χ0n) is 16.9. The monoisotopic (exact) mass is 395 g/mol. The number of allylic oxidation sites excluding steroid dienone is 3. The lowest BCUT2D eigenvalue weighted by atomic mass is 10.00. The molecule has 30 heavy (non-hydrogen) atoms. The van der Waals surface area contributed by atoms with Crippen LogP contribution >= 0.6 is 0 Å². The van der Waals surface area contributed by atoms with Crippen LogP contribution in [-0.2, 0) is 0 Å². The van der Waals surface area contributed by atoms with Gasteiger partial charge in [0.05, 0.1) is 5.56 Å². The normalized spacial score (nSPS) is 10.5. The van der Waals surface area contributed by atoms with Crippen molar-refractivity contribution in [3.63, 3.8) is 0 Å². The molecule has 1 aromatic heterocycles. The highest BCUT2D eigenvalue weighted by atomic mass is 16.4. The van der Waals surface area contributed by atoms with Gasteiger partial charge in [0.15, 0.2) is 0 Å². The number of nitriles is 2. The summed E-state index contributed by atoms with van der Waals surface area (Å²) < 4.78 is 5.58. The fraction of sp³-hybridized carbons (Fsp3) is 0.160. The maximum absolute atomic E-state index is 12.8. The third-order valence-corrected chi connectivity index (χ3v) is 4.87. The summed E-state index contributed by atoms with van der Waals surface area (Å²) in [7, 11) is 0. The molecule has 0 amide bonds. The largest absolute Gasteiger partial charge is 0.422 e. The van der Waals surface area contributed by atoms with Gasteiger partial charge in [-0.15, -0.1) is 0 Å². The molecule has 5 heteroatoms. The van der Waals surface area contributed by atoms with E-state index in [0.29, 0.717) is 5.58 Å². The Morgan fingerprint density at radius 3 is 2.37 bits per heavy atom. The first kappa shape index (κ1) is 20.6. The fourth-order valence-electron chi connectivity index (χ4n) is 3.27. The number of benzene rings is 2. The minimum absolute atomic E-state index is 0.145. The second kappa shape index (κ2) is 9.41. The molecule has 3 aromatic rings. The Hall–Kier alpha value is -4.09. The maximum Gasteiger partial charge on any atom is 0.344 e. The Morgan fingerprint density at radius 1 is 1.03 bits per heavy atom. The van der Waals surface area contributed by atoms with Crippen molar-refractivity contribution in [2.24, 2.45) is 0 Å². The summed E-state index contributed by atoms with van der Waals surface area (Å²) in [5.41, 5.74) is 2.02. The Bertz CT molecular complexity index is 1240. The molecule has 1 heterocycles. The van der Waals surface area contributed by atoms with Crippen molar-refractivity contribution in [3.8, 4) is 12.1 Å². The highest BCUT2D eigenvalue weighted by molar-refractivity contribution is 5.89. The van der Waals surface area contributed by atoms with Gasteiger partial charge < -0.3 is 9.32 Å². The van der Waals surface area contributed by atoms with E-state index < -0.39 is 5.63 Å². The number of nitrogens with zero attached hydrogens (tertiary/aromatic N) is 3. The van der Waals surface area contributed by atoms with Gasteiger partial charge in [0.25, 0.3) is 0 Å². The molecule has 2 aromatic carbocycles. The molecule has 0 N–H and O–H groups in total. The summed E-state index contributed by atoms with van der Waals surface area (Å²) in [5, 5.41) is 19.5. The highest BCUT2D eigenvalue weighted by Crippen LogP contribution is 2.26. The average Bonchev–Trinajstić information content (AvgIpc) is 2.78. The Kier molecular flexibility index (Phi) is 6.47. The minimum Gasteiger partial charge on any atom is -0.422 e. The first-order valence-electron chi connectivity index (χ1n) is 9.72. The SMILES string of the molecule is CCN(CC)c1ccc2cc(C(/C=C/c3ccccc3)=C(C#N)C#N)c(=O)oc2c1. The second-order valence-electron chi connectivity index (χ2n) is 6.60. The molecule has 0 radical (unpaired) electrons. The summed E-state index contributed by atoms with van der Waals surface area (Å²) in [5.74, 6) is 0. The van der Waals surface area contributed by atoms with Crippen LogP contribution in [0.4, 0.5) is 5.69 Å². The number of hydrogen-bond acceptors (Lipinski definition) is 5. The van der Waals surface area contributed by atoms with E-state index in [1.54, 1.807) is 18.2 Å². The van der Waals surface area contributed by atoms with E-state index in [1.165, 1.54) is 0 Å². The van der Waals surface area contributed by atoms with E-state index >= 15 is 0 Å². The maximum atomic E-state index is 12.8. The minimum atomic E-state index is -0.588. The van der Waals surface area contributed by atoms with Gasteiger partial charge in [-0.1, -0.05) is 42.5 Å². The van der Waals surface area contributed by atoms with Crippen LogP contribution in [0.2, 0.25) is 0 Å². The van der Waals surface area contributed by atoms with E-state index in [9.17, 15) is 15.3 Å². The third-order valence-electron chi connectivity index (χ3n) is 4.87. The first-order valence-corrected chi connectivity index (χ1v) is 9.72. The molecule has 0 fully saturated rings. The van der Waals surface area contributed by atoms with Crippen LogP contribution in [0.5, 0.6) is 0 Å². The van der Waals surface area contributed by atoms with Crippen LogP contribution in [0.1, 0.15) is 25.0 Å². The summed E-state index contributed by atoms with van der Waals surface area (Å²) >= 11 is 0. The lowest BCUT2D eigenvalue weighted by Gasteiger charge is -2.21. The van der Waals surface area contributed by atoms with Gasteiger partial charge in [-0.3, -0.25) is 0 Å². The zero-order chi connectivity index (χ0) is 21.5. The van der Waals surface area contributed by atoms with Crippen LogP contribution in [0, 0.1) is 22.7 Å². The van der Waals surface area contributed by atoms with Gasteiger partial charge >= 0.3 is 5.63 Å². The van der Waals surface area contributed by atoms with Crippen molar-refractivity contribution in [3.05, 3.63) is 87.8 Å². The first-order chi connectivity index (χ1) is 14.6. The van der Waals surface area contributed by atoms with Gasteiger partial charge in [-0.05, 0) is 37.6 Å². The summed E-state index contributed by atoms with van der Waals surface area (Å²) in [4.78, 5) is 14.9. The van der Waals surface area contributed by atoms with Gasteiger partial charge in [0.2, 0.25) is 0 Å². The molecule has 0 bridgehead atoms. The molecule has 0 saturated carbocycles. The topological polar surface area (TPSA) is 81.0 Å². The van der Waals surface area contributed by atoms with Crippen LogP contribution < -0.4 is 10.5 Å². The molecular weight excluding hydrogens is 374 g/mol. The number of anilines is 1. The molecule has 0 spiro atoms. The van der Waals surface area contributed by atoms with Gasteiger partial charge in [-0.25, -0.2) is 4.79 Å². The molecule has 0 aliphatic carbocycles. The number of fused-ring (bicyclic) bond motifs is 1. The molecule has 0 unspecified atom stereocenters. The Balaban J connectivity index is 2.14. The lowest BCUT2D eigenvalue weighted by molar-refractivity contribution is 0.558. The molecule has 5 nitrogen and oxygen atoms in total. The average molecular weight is 395 g/mol. The van der Waals surface area contributed by atoms with E-state index in [-0.39, 0.29) is 16.7 Å². The van der Waals surface area contributed by atoms with Crippen LogP contribution in [0.25, 0.3) is 22.6 Å². The van der Waals surface area contributed by atoms with Crippen molar-refractivity contribution in [2.45, 2.75) is 13.8 Å². The molecule has 0 atom stereocenters. The van der Waals surface area contributed by atoms with Gasteiger partial charge in [0, 0.05) is 35.8 Å². The molecular formula is C25H21N3O2. The van der Waals surface area contributed by atoms with E-state index in [4.69, 9.17) is 4.42 Å². The number of rotatable bonds is 6. The number of hydrogen-bond donors (Lipinski definition) is 0. The molecule has 148 valence electrons. The predicted molar refractivity (Wildman–Crippen MR) is 120 cm³/mol. The second-order valence-corrected chi connectivity index (χ2v) is 6.60. The molecule has 0 aliphatic rings. The van der Waals surface area contributed by atoms with Gasteiger partial charge in [-0.2, -0.15) is 10.5 Å². The van der Waals surface area contributed by atoms with Gasteiger partial charge in [0.1, 0.15) is 23.3 Å². The van der Waals surface area contributed by atoms with Crippen molar-refractivity contribution in [1.29, 1.82) is 10.5 Å². The van der Waals surface area contributed by atoms with Crippen molar-refractivity contribution in [2.75, 3.05) is 18.0 Å². The summed E-state index contributed by atoms with van der Waals surface area (Å²) in [6.45, 7) is 5.81. The quantitative estimate of drug-likeness (QED) is 0.327. The van der Waals surface area contributed by atoms with Crippen molar-refractivity contribution in [1.82, 2.24) is 0 Å². The summed E-state index contributed by atoms with van der Waals surface area (Å²) in [6, 6.07) is 20.6. The zero-order valence-corrected chi connectivity index (χ0v) is 16.9. The molecule has 3 rings (SSSR count). The summed E-state index contributed by atoms with van der Waals surface area (Å²) in [6.07, 6.45) is 3.37. The predicted octanol–water partition coefficient (Wildman–Crippen LogP) is 5.15. The van der Waals surface area contributed by atoms with Crippen LogP contribution in [-0.4, -0.2) is 13.1 Å². The third kappa shape index (κ3) is 4.32. The molecule has 0 aliphatic heterocycles. The van der Waals surface area contributed by atoms with Crippen LogP contribution in [0.15, 0.2) is 75.5 Å². The van der Waals surface area contributed by atoms with E-state index in [1.807, 2.05) is 60.7 Å². The van der Waals surface area contributed by atoms with E-state index in [0.717, 1.165) is 29.7 Å². The van der Waals surface area contributed by atoms with E-state index in [2.05, 4.69) is 18.7 Å². The Morgan fingerprint density at radius 2 is 1.73 bits per heavy atom. The standard InChI is InChI=1S/C25H21N3O2/c1-3-28(4-2)21-12-11-19-14-23(25(29)30-24(19)15-21)22(20(16-26)17-27)13-10-18-8-6-5-7-9-18/h5-15H,3-4H2,1-2H3/b13-10+. The fourth-order valence-corrected chi connectivity index (χ4v) is 3.27. The molecule has 0 saturated heterocycles. The smallest absolute Gasteiger partial charge is 0.344 e. The van der Waals surface area contributed by atoms with Crippen LogP contribution in [0.3, 0.4) is 0 Å². The van der Waals surface area contributed by atoms with Crippen molar-refractivity contribution < 1.29 is 4.42 Å².